The van der Waals surface area contributed by atoms with Crippen LogP contribution in [0.15, 0.2) is 24.5 Å². The number of fused-ring (bicyclic) bond motifs is 1. The van der Waals surface area contributed by atoms with Crippen molar-refractivity contribution < 1.29 is 4.79 Å². The van der Waals surface area contributed by atoms with Crippen molar-refractivity contribution in [2.75, 3.05) is 5.32 Å². The van der Waals surface area contributed by atoms with Crippen molar-refractivity contribution in [2.24, 2.45) is 0 Å². The molecular formula is C11H9N5OS. The molecule has 0 fully saturated rings. The number of carbonyl (C=O) groups is 1. The highest BCUT2D eigenvalue weighted by Crippen LogP contribution is 2.17. The summed E-state index contributed by atoms with van der Waals surface area (Å²) >= 11 is 1.42. The summed E-state index contributed by atoms with van der Waals surface area (Å²) in [7, 11) is 0. The smallest absolute Gasteiger partial charge is 0.277 e. The van der Waals surface area contributed by atoms with E-state index in [9.17, 15) is 4.79 Å². The van der Waals surface area contributed by atoms with E-state index in [1.54, 1.807) is 18.5 Å². The second-order valence-corrected chi connectivity index (χ2v) is 4.98. The minimum absolute atomic E-state index is 0.273. The second-order valence-electron chi connectivity index (χ2n) is 3.74. The number of H-pyrrole nitrogens is 1. The van der Waals surface area contributed by atoms with Gasteiger partial charge in [0.25, 0.3) is 5.91 Å². The van der Waals surface area contributed by atoms with E-state index in [-0.39, 0.29) is 11.6 Å². The lowest BCUT2D eigenvalue weighted by Gasteiger charge is -1.99. The Balaban J connectivity index is 1.87. The molecule has 0 aromatic carbocycles. The van der Waals surface area contributed by atoms with Crippen molar-refractivity contribution in [1.82, 2.24) is 20.2 Å². The summed E-state index contributed by atoms with van der Waals surface area (Å²) in [6.07, 6.45) is 3.46. The first kappa shape index (κ1) is 10.8. The van der Waals surface area contributed by atoms with Gasteiger partial charge in [0.1, 0.15) is 0 Å². The first-order valence-corrected chi connectivity index (χ1v) is 6.08. The number of hydrogen-bond donors (Lipinski definition) is 2. The Kier molecular flexibility index (Phi) is 2.52. The molecule has 0 atom stereocenters. The van der Waals surface area contributed by atoms with Gasteiger partial charge in [-0.2, -0.15) is 0 Å². The molecule has 3 rings (SSSR count). The fraction of sp³-hybridized carbons (Fsp3) is 0.0909. The van der Waals surface area contributed by atoms with Gasteiger partial charge in [-0.05, 0) is 19.1 Å². The molecule has 3 aromatic rings. The van der Waals surface area contributed by atoms with Gasteiger partial charge in [0.05, 0.1) is 0 Å². The minimum atomic E-state index is -0.306. The maximum absolute atomic E-state index is 11.9. The third kappa shape index (κ3) is 1.95. The van der Waals surface area contributed by atoms with E-state index in [0.717, 1.165) is 10.3 Å². The molecule has 0 aliphatic rings. The molecule has 0 bridgehead atoms. The van der Waals surface area contributed by atoms with Crippen molar-refractivity contribution >= 4 is 33.4 Å². The SMILES string of the molecule is Cc1cnc(NC(=O)c2cc3cc[nH]c3nn2)s1. The number of thiazole rings is 1. The van der Waals surface area contributed by atoms with E-state index in [2.05, 4.69) is 25.5 Å². The molecule has 90 valence electrons. The highest BCUT2D eigenvalue weighted by Gasteiger charge is 2.11. The van der Waals surface area contributed by atoms with Crippen LogP contribution in [0, 0.1) is 6.92 Å². The topological polar surface area (TPSA) is 83.6 Å². The Bertz CT molecular complexity index is 717. The number of carbonyl (C=O) groups excluding carboxylic acids is 1. The molecule has 0 radical (unpaired) electrons. The van der Waals surface area contributed by atoms with Gasteiger partial charge >= 0.3 is 0 Å². The fourth-order valence-corrected chi connectivity index (χ4v) is 2.20. The van der Waals surface area contributed by atoms with E-state index in [1.807, 2.05) is 13.0 Å². The molecule has 18 heavy (non-hydrogen) atoms. The predicted molar refractivity (Wildman–Crippen MR) is 68.7 cm³/mol. The van der Waals surface area contributed by atoms with Crippen LogP contribution >= 0.6 is 11.3 Å². The quantitative estimate of drug-likeness (QED) is 0.737. The van der Waals surface area contributed by atoms with Gasteiger partial charge in [0, 0.05) is 22.7 Å². The fourth-order valence-electron chi connectivity index (χ4n) is 1.54. The molecule has 0 spiro atoms. The average molecular weight is 259 g/mol. The summed E-state index contributed by atoms with van der Waals surface area (Å²) in [4.78, 5) is 20.0. The molecule has 1 amide bonds. The zero-order valence-corrected chi connectivity index (χ0v) is 10.3. The van der Waals surface area contributed by atoms with Crippen molar-refractivity contribution in [3.63, 3.8) is 0 Å². The van der Waals surface area contributed by atoms with Gasteiger partial charge in [-0.25, -0.2) is 4.98 Å². The number of nitrogens with one attached hydrogen (secondary N) is 2. The molecule has 0 aliphatic carbocycles. The Morgan fingerprint density at radius 2 is 2.33 bits per heavy atom. The number of hydrogen-bond acceptors (Lipinski definition) is 5. The summed E-state index contributed by atoms with van der Waals surface area (Å²) in [5.41, 5.74) is 0.937. The molecule has 0 unspecified atom stereocenters. The lowest BCUT2D eigenvalue weighted by Crippen LogP contribution is -2.14. The molecule has 0 saturated heterocycles. The number of nitrogens with zero attached hydrogens (tertiary/aromatic N) is 3. The minimum Gasteiger partial charge on any atom is -0.345 e. The third-order valence-corrected chi connectivity index (χ3v) is 3.21. The Hall–Kier alpha value is -2.28. The van der Waals surface area contributed by atoms with Crippen LogP contribution in [-0.2, 0) is 0 Å². The van der Waals surface area contributed by atoms with Crippen LogP contribution in [0.1, 0.15) is 15.4 Å². The van der Waals surface area contributed by atoms with E-state index >= 15 is 0 Å². The number of anilines is 1. The van der Waals surface area contributed by atoms with Crippen molar-refractivity contribution in [2.45, 2.75) is 6.92 Å². The summed E-state index contributed by atoms with van der Waals surface area (Å²) in [6.45, 7) is 1.93. The van der Waals surface area contributed by atoms with Gasteiger partial charge in [-0.15, -0.1) is 21.5 Å². The molecule has 3 aromatic heterocycles. The molecule has 0 aliphatic heterocycles. The zero-order valence-electron chi connectivity index (χ0n) is 9.47. The largest absolute Gasteiger partial charge is 0.345 e. The lowest BCUT2D eigenvalue weighted by atomic mass is 10.3. The number of rotatable bonds is 2. The molecule has 6 nitrogen and oxygen atoms in total. The second kappa shape index (κ2) is 4.19. The van der Waals surface area contributed by atoms with Crippen LogP contribution in [0.2, 0.25) is 0 Å². The van der Waals surface area contributed by atoms with Gasteiger partial charge in [0.15, 0.2) is 16.5 Å². The zero-order chi connectivity index (χ0) is 12.5. The number of aryl methyl sites for hydroxylation is 1. The summed E-state index contributed by atoms with van der Waals surface area (Å²) in [6, 6.07) is 3.53. The first-order chi connectivity index (χ1) is 8.72. The van der Waals surface area contributed by atoms with Crippen LogP contribution < -0.4 is 5.32 Å². The molecular weight excluding hydrogens is 250 g/mol. The number of aromatic amines is 1. The van der Waals surface area contributed by atoms with Gasteiger partial charge < -0.3 is 4.98 Å². The molecule has 3 heterocycles. The van der Waals surface area contributed by atoms with Crippen LogP contribution in [0.4, 0.5) is 5.13 Å². The van der Waals surface area contributed by atoms with E-state index in [1.165, 1.54) is 11.3 Å². The maximum atomic E-state index is 11.9. The summed E-state index contributed by atoms with van der Waals surface area (Å²) < 4.78 is 0. The first-order valence-electron chi connectivity index (χ1n) is 5.27. The van der Waals surface area contributed by atoms with E-state index in [4.69, 9.17) is 0 Å². The van der Waals surface area contributed by atoms with E-state index in [0.29, 0.717) is 10.8 Å². The van der Waals surface area contributed by atoms with Gasteiger partial charge in [-0.3, -0.25) is 10.1 Å². The Morgan fingerprint density at radius 3 is 3.11 bits per heavy atom. The summed E-state index contributed by atoms with van der Waals surface area (Å²) in [5, 5.41) is 11.9. The molecule has 2 N–H and O–H groups in total. The monoisotopic (exact) mass is 259 g/mol. The molecule has 7 heteroatoms. The maximum Gasteiger partial charge on any atom is 0.277 e. The average Bonchev–Trinajstić information content (AvgIpc) is 2.96. The van der Waals surface area contributed by atoms with Crippen molar-refractivity contribution in [1.29, 1.82) is 0 Å². The van der Waals surface area contributed by atoms with Crippen LogP contribution in [0.5, 0.6) is 0 Å². The van der Waals surface area contributed by atoms with Gasteiger partial charge in [0.2, 0.25) is 0 Å². The van der Waals surface area contributed by atoms with Crippen LogP contribution in [0.25, 0.3) is 11.0 Å². The number of aromatic nitrogens is 4. The van der Waals surface area contributed by atoms with Crippen LogP contribution in [-0.4, -0.2) is 26.1 Å². The van der Waals surface area contributed by atoms with Gasteiger partial charge in [-0.1, -0.05) is 0 Å². The van der Waals surface area contributed by atoms with Crippen LogP contribution in [0.3, 0.4) is 0 Å². The standard InChI is InChI=1S/C11H9N5OS/c1-6-5-13-11(18-6)14-10(17)8-4-7-2-3-12-9(7)16-15-8/h2-5H,1H3,(H,12,16)(H,13,14,17). The molecule has 0 saturated carbocycles. The van der Waals surface area contributed by atoms with Crippen molar-refractivity contribution in [3.05, 3.63) is 35.1 Å². The Labute approximate surface area is 106 Å². The predicted octanol–water partition coefficient (Wildman–Crippen LogP) is 1.98. The van der Waals surface area contributed by atoms with Crippen molar-refractivity contribution in [3.8, 4) is 0 Å². The van der Waals surface area contributed by atoms with E-state index < -0.39 is 0 Å². The highest BCUT2D eigenvalue weighted by atomic mass is 32.1. The Morgan fingerprint density at radius 1 is 1.44 bits per heavy atom. The summed E-state index contributed by atoms with van der Waals surface area (Å²) in [5.74, 6) is -0.306. The highest BCUT2D eigenvalue weighted by molar-refractivity contribution is 7.15. The number of amides is 1. The third-order valence-electron chi connectivity index (χ3n) is 2.38. The lowest BCUT2D eigenvalue weighted by molar-refractivity contribution is 0.102. The normalized spacial score (nSPS) is 10.7.